The maximum atomic E-state index is 12.0. The second kappa shape index (κ2) is 6.05. The van der Waals surface area contributed by atoms with E-state index in [0.717, 1.165) is 11.4 Å². The first kappa shape index (κ1) is 14.5. The van der Waals surface area contributed by atoms with Crippen LogP contribution in [-0.4, -0.2) is 43.5 Å². The average molecular weight is 276 g/mol. The highest BCUT2D eigenvalue weighted by molar-refractivity contribution is 5.96. The van der Waals surface area contributed by atoms with Gasteiger partial charge in [0.05, 0.1) is 7.05 Å². The van der Waals surface area contributed by atoms with E-state index in [1.54, 1.807) is 0 Å². The van der Waals surface area contributed by atoms with Crippen molar-refractivity contribution in [3.8, 4) is 0 Å². The van der Waals surface area contributed by atoms with Crippen LogP contribution in [0.15, 0.2) is 18.2 Å². The van der Waals surface area contributed by atoms with Crippen LogP contribution in [0.1, 0.15) is 16.7 Å². The summed E-state index contributed by atoms with van der Waals surface area (Å²) in [6, 6.07) is 6.08. The molecule has 1 aliphatic rings. The SMILES string of the molecule is Cc1ccc(C[NH+](C)CC(=O)N2CCNC2=O)c(C)c1. The number of quaternary nitrogens is 1. The number of hydrogen-bond acceptors (Lipinski definition) is 2. The molecule has 1 aliphatic heterocycles. The molecule has 0 aliphatic carbocycles. The van der Waals surface area contributed by atoms with Crippen LogP contribution in [0, 0.1) is 13.8 Å². The topological polar surface area (TPSA) is 53.9 Å². The number of nitrogens with one attached hydrogen (secondary N) is 2. The first-order valence-electron chi connectivity index (χ1n) is 6.93. The summed E-state index contributed by atoms with van der Waals surface area (Å²) in [4.78, 5) is 25.9. The fraction of sp³-hybridized carbons (Fsp3) is 0.467. The largest absolute Gasteiger partial charge is 0.336 e. The molecule has 5 heteroatoms. The number of rotatable bonds is 4. The van der Waals surface area contributed by atoms with Crippen molar-refractivity contribution in [3.05, 3.63) is 34.9 Å². The zero-order chi connectivity index (χ0) is 14.7. The highest BCUT2D eigenvalue weighted by Crippen LogP contribution is 2.09. The van der Waals surface area contributed by atoms with Crippen molar-refractivity contribution in [2.24, 2.45) is 0 Å². The Morgan fingerprint density at radius 2 is 2.15 bits per heavy atom. The molecule has 2 N–H and O–H groups in total. The lowest BCUT2D eigenvalue weighted by molar-refractivity contribution is -0.885. The molecule has 3 amide bonds. The van der Waals surface area contributed by atoms with Gasteiger partial charge in [-0.15, -0.1) is 0 Å². The van der Waals surface area contributed by atoms with Gasteiger partial charge in [-0.3, -0.25) is 9.69 Å². The molecule has 1 aromatic rings. The van der Waals surface area contributed by atoms with E-state index < -0.39 is 0 Å². The molecule has 108 valence electrons. The summed E-state index contributed by atoms with van der Waals surface area (Å²) in [7, 11) is 1.98. The number of hydrogen-bond donors (Lipinski definition) is 2. The fourth-order valence-electron chi connectivity index (χ4n) is 2.49. The van der Waals surface area contributed by atoms with Gasteiger partial charge in [0.2, 0.25) is 0 Å². The van der Waals surface area contributed by atoms with E-state index in [1.807, 2.05) is 7.05 Å². The molecular weight excluding hydrogens is 254 g/mol. The van der Waals surface area contributed by atoms with E-state index in [4.69, 9.17) is 0 Å². The Hall–Kier alpha value is -1.88. The molecule has 5 nitrogen and oxygen atoms in total. The average Bonchev–Trinajstić information content (AvgIpc) is 2.79. The van der Waals surface area contributed by atoms with E-state index in [1.165, 1.54) is 21.6 Å². The van der Waals surface area contributed by atoms with Gasteiger partial charge in [-0.25, -0.2) is 4.79 Å². The Bertz CT molecular complexity index is 528. The number of aryl methyl sites for hydroxylation is 2. The van der Waals surface area contributed by atoms with Gasteiger partial charge in [-0.05, 0) is 19.4 Å². The lowest BCUT2D eigenvalue weighted by Gasteiger charge is -2.18. The maximum Gasteiger partial charge on any atom is 0.324 e. The third kappa shape index (κ3) is 3.36. The van der Waals surface area contributed by atoms with Crippen LogP contribution in [0.2, 0.25) is 0 Å². The Kier molecular flexibility index (Phi) is 4.39. The smallest absolute Gasteiger partial charge is 0.324 e. The van der Waals surface area contributed by atoms with Crippen molar-refractivity contribution < 1.29 is 14.5 Å². The number of benzene rings is 1. The van der Waals surface area contributed by atoms with Gasteiger partial charge in [0, 0.05) is 18.7 Å². The molecular formula is C15H22N3O2+. The third-order valence-corrected chi connectivity index (χ3v) is 3.60. The van der Waals surface area contributed by atoms with E-state index >= 15 is 0 Å². The summed E-state index contributed by atoms with van der Waals surface area (Å²) in [5.41, 5.74) is 3.73. The van der Waals surface area contributed by atoms with E-state index in [0.29, 0.717) is 19.6 Å². The van der Waals surface area contributed by atoms with Crippen molar-refractivity contribution in [1.82, 2.24) is 10.2 Å². The first-order valence-corrected chi connectivity index (χ1v) is 6.93. The van der Waals surface area contributed by atoms with Crippen LogP contribution in [0.25, 0.3) is 0 Å². The monoisotopic (exact) mass is 276 g/mol. The molecule has 0 radical (unpaired) electrons. The maximum absolute atomic E-state index is 12.0. The molecule has 0 aromatic heterocycles. The Morgan fingerprint density at radius 1 is 1.40 bits per heavy atom. The lowest BCUT2D eigenvalue weighted by atomic mass is 10.1. The summed E-state index contributed by atoms with van der Waals surface area (Å²) in [5, 5.41) is 2.65. The van der Waals surface area contributed by atoms with Gasteiger partial charge in [-0.2, -0.15) is 0 Å². The number of urea groups is 1. The predicted octanol–water partition coefficient (Wildman–Crippen LogP) is -0.130. The van der Waals surface area contributed by atoms with Crippen LogP contribution < -0.4 is 10.2 Å². The minimum atomic E-state index is -0.269. The first-order chi connectivity index (χ1) is 9.47. The summed E-state index contributed by atoms with van der Waals surface area (Å²) < 4.78 is 0. The zero-order valence-corrected chi connectivity index (χ0v) is 12.3. The second-order valence-electron chi connectivity index (χ2n) is 5.52. The normalized spacial score (nSPS) is 16.1. The van der Waals surface area contributed by atoms with Crippen LogP contribution >= 0.6 is 0 Å². The molecule has 2 rings (SSSR count). The van der Waals surface area contributed by atoms with Gasteiger partial charge < -0.3 is 10.2 Å². The molecule has 1 saturated heterocycles. The summed E-state index contributed by atoms with van der Waals surface area (Å²) >= 11 is 0. The summed E-state index contributed by atoms with van der Waals surface area (Å²) in [5.74, 6) is -0.109. The number of carbonyl (C=O) groups is 2. The van der Waals surface area contributed by atoms with Gasteiger partial charge in [-0.1, -0.05) is 23.8 Å². The molecule has 1 heterocycles. The second-order valence-corrected chi connectivity index (χ2v) is 5.52. The van der Waals surface area contributed by atoms with Crippen LogP contribution in [0.3, 0.4) is 0 Å². The van der Waals surface area contributed by atoms with Gasteiger partial charge in [0.25, 0.3) is 5.91 Å². The highest BCUT2D eigenvalue weighted by Gasteiger charge is 2.28. The van der Waals surface area contributed by atoms with Gasteiger partial charge in [0.1, 0.15) is 6.54 Å². The number of imide groups is 1. The Morgan fingerprint density at radius 3 is 2.75 bits per heavy atom. The summed E-state index contributed by atoms with van der Waals surface area (Å²) in [6.07, 6.45) is 0. The Labute approximate surface area is 119 Å². The third-order valence-electron chi connectivity index (χ3n) is 3.60. The van der Waals surface area contributed by atoms with Crippen LogP contribution in [0.4, 0.5) is 4.79 Å². The zero-order valence-electron chi connectivity index (χ0n) is 12.3. The standard InChI is InChI=1S/C15H21N3O2/c1-11-4-5-13(12(2)8-11)9-17(3)10-14(19)18-7-6-16-15(18)20/h4-5,8H,6-7,9-10H2,1-3H3,(H,16,20)/p+1. The molecule has 0 bridgehead atoms. The molecule has 1 atom stereocenters. The summed E-state index contributed by atoms with van der Waals surface area (Å²) in [6.45, 7) is 6.32. The number of nitrogens with zero attached hydrogens (tertiary/aromatic N) is 1. The lowest BCUT2D eigenvalue weighted by Crippen LogP contribution is -3.09. The molecule has 0 spiro atoms. The van der Waals surface area contributed by atoms with Gasteiger partial charge >= 0.3 is 6.03 Å². The molecule has 1 fully saturated rings. The Balaban J connectivity index is 1.93. The molecule has 1 unspecified atom stereocenters. The number of amides is 3. The van der Waals surface area contributed by atoms with E-state index in [2.05, 4.69) is 37.4 Å². The van der Waals surface area contributed by atoms with Crippen molar-refractivity contribution >= 4 is 11.9 Å². The fourth-order valence-corrected chi connectivity index (χ4v) is 2.49. The molecule has 20 heavy (non-hydrogen) atoms. The number of carbonyl (C=O) groups excluding carboxylic acids is 2. The van der Waals surface area contributed by atoms with Crippen molar-refractivity contribution in [2.75, 3.05) is 26.7 Å². The van der Waals surface area contributed by atoms with E-state index in [-0.39, 0.29) is 11.9 Å². The van der Waals surface area contributed by atoms with Gasteiger partial charge in [0.15, 0.2) is 6.54 Å². The quantitative estimate of drug-likeness (QED) is 0.805. The molecule has 1 aromatic carbocycles. The van der Waals surface area contributed by atoms with E-state index in [9.17, 15) is 9.59 Å². The minimum Gasteiger partial charge on any atom is -0.336 e. The number of likely N-dealkylation sites (N-methyl/N-ethyl adjacent to an activating group) is 1. The van der Waals surface area contributed by atoms with Crippen molar-refractivity contribution in [3.63, 3.8) is 0 Å². The highest BCUT2D eigenvalue weighted by atomic mass is 16.2. The van der Waals surface area contributed by atoms with Crippen molar-refractivity contribution in [2.45, 2.75) is 20.4 Å². The molecule has 0 saturated carbocycles. The van der Waals surface area contributed by atoms with Crippen LogP contribution in [-0.2, 0) is 11.3 Å². The predicted molar refractivity (Wildman–Crippen MR) is 76.5 cm³/mol. The van der Waals surface area contributed by atoms with Crippen molar-refractivity contribution in [1.29, 1.82) is 0 Å². The van der Waals surface area contributed by atoms with Crippen LogP contribution in [0.5, 0.6) is 0 Å². The minimum absolute atomic E-state index is 0.109.